The highest BCUT2D eigenvalue weighted by atomic mass is 32.2. The molecule has 0 N–H and O–H groups in total. The van der Waals surface area contributed by atoms with Crippen LogP contribution in [0.4, 0.5) is 0 Å². The van der Waals surface area contributed by atoms with Gasteiger partial charge in [0, 0.05) is 29.7 Å². The number of hydrogen-bond donors (Lipinski definition) is 0. The second kappa shape index (κ2) is 12.0. The number of methoxy groups -OCH3 is 3. The fourth-order valence-corrected chi connectivity index (χ4v) is 4.81. The summed E-state index contributed by atoms with van der Waals surface area (Å²) in [4.78, 5) is 16.0. The minimum atomic E-state index is 0.0340. The Labute approximate surface area is 209 Å². The van der Waals surface area contributed by atoms with Crippen LogP contribution in [0.2, 0.25) is 0 Å². The molecule has 8 nitrogen and oxygen atoms in total. The third-order valence-corrected chi connectivity index (χ3v) is 6.76. The molecule has 2 heterocycles. The summed E-state index contributed by atoms with van der Waals surface area (Å²) in [6, 6.07) is 15.4. The Morgan fingerprint density at radius 1 is 1.09 bits per heavy atom. The number of rotatable bonds is 11. The Balaban J connectivity index is 1.50. The van der Waals surface area contributed by atoms with E-state index < -0.39 is 0 Å². The Hall–Kier alpha value is -3.17. The van der Waals surface area contributed by atoms with Crippen molar-refractivity contribution < 1.29 is 28.3 Å². The maximum Gasteiger partial charge on any atom is 0.233 e. The largest absolute Gasteiger partial charge is 0.493 e. The molecule has 3 aromatic rings. The third kappa shape index (κ3) is 6.29. The lowest BCUT2D eigenvalue weighted by Crippen LogP contribution is -2.38. The summed E-state index contributed by atoms with van der Waals surface area (Å²) in [5.74, 6) is 2.46. The molecular weight excluding hydrogens is 468 g/mol. The summed E-state index contributed by atoms with van der Waals surface area (Å²) in [7, 11) is 4.69. The van der Waals surface area contributed by atoms with Gasteiger partial charge < -0.3 is 28.4 Å². The van der Waals surface area contributed by atoms with Crippen LogP contribution in [-0.2, 0) is 16.1 Å². The van der Waals surface area contributed by atoms with Crippen molar-refractivity contribution in [3.8, 4) is 28.6 Å². The van der Waals surface area contributed by atoms with Gasteiger partial charge in [-0.3, -0.25) is 4.79 Å². The zero-order valence-corrected chi connectivity index (χ0v) is 21.0. The summed E-state index contributed by atoms with van der Waals surface area (Å²) in [5, 5.41) is 4.23. The van der Waals surface area contributed by atoms with Crippen molar-refractivity contribution in [2.24, 2.45) is 0 Å². The van der Waals surface area contributed by atoms with Gasteiger partial charge in [0.15, 0.2) is 17.3 Å². The maximum atomic E-state index is 13.2. The molecular formula is C26H30N2O6S. The average molecular weight is 499 g/mol. The predicted molar refractivity (Wildman–Crippen MR) is 133 cm³/mol. The van der Waals surface area contributed by atoms with Crippen molar-refractivity contribution in [3.05, 3.63) is 54.2 Å². The number of ether oxygens (including phenoxy) is 4. The number of amides is 1. The van der Waals surface area contributed by atoms with Crippen molar-refractivity contribution >= 4 is 17.7 Å². The van der Waals surface area contributed by atoms with E-state index in [1.165, 1.54) is 11.8 Å². The first-order valence-electron chi connectivity index (χ1n) is 11.4. The van der Waals surface area contributed by atoms with Crippen LogP contribution in [0, 0.1) is 0 Å². The topological polar surface area (TPSA) is 83.3 Å². The van der Waals surface area contributed by atoms with E-state index >= 15 is 0 Å². The summed E-state index contributed by atoms with van der Waals surface area (Å²) in [5.41, 5.74) is 1.39. The molecule has 1 aliphatic heterocycles. The number of aromatic nitrogens is 1. The van der Waals surface area contributed by atoms with Crippen molar-refractivity contribution in [1.82, 2.24) is 10.1 Å². The molecule has 35 heavy (non-hydrogen) atoms. The van der Waals surface area contributed by atoms with Crippen LogP contribution in [0.5, 0.6) is 17.2 Å². The first-order chi connectivity index (χ1) is 17.1. The van der Waals surface area contributed by atoms with E-state index in [9.17, 15) is 4.79 Å². The zero-order valence-electron chi connectivity index (χ0n) is 20.2. The second-order valence-electron chi connectivity index (χ2n) is 8.11. The van der Waals surface area contributed by atoms with E-state index in [-0.39, 0.29) is 12.0 Å². The van der Waals surface area contributed by atoms with Crippen molar-refractivity contribution in [2.75, 3.05) is 40.2 Å². The molecule has 0 radical (unpaired) electrons. The van der Waals surface area contributed by atoms with Gasteiger partial charge in [0.1, 0.15) is 5.69 Å². The number of carbonyl (C=O) groups excluding carboxylic acids is 1. The Morgan fingerprint density at radius 3 is 2.46 bits per heavy atom. The molecule has 1 unspecified atom stereocenters. The standard InChI is InChI=1S/C26H30N2O6S/c1-30-23-12-18(13-24(31-2)26(23)32-3)22-14-19(27-34-22)15-28(16-20-8-7-11-33-20)25(29)17-35-21-9-5-4-6-10-21/h4-6,9-10,12-14,20H,7-8,11,15-17H2,1-3H3. The number of nitrogens with zero attached hydrogens (tertiary/aromatic N) is 2. The average Bonchev–Trinajstić information content (AvgIpc) is 3.59. The number of hydrogen-bond acceptors (Lipinski definition) is 8. The molecule has 1 aromatic heterocycles. The summed E-state index contributed by atoms with van der Waals surface area (Å²) in [6.45, 7) is 1.60. The molecule has 1 amide bonds. The van der Waals surface area contributed by atoms with Gasteiger partial charge in [0.05, 0.1) is 39.7 Å². The maximum absolute atomic E-state index is 13.2. The van der Waals surface area contributed by atoms with Gasteiger partial charge >= 0.3 is 0 Å². The van der Waals surface area contributed by atoms with Crippen molar-refractivity contribution in [2.45, 2.75) is 30.4 Å². The van der Waals surface area contributed by atoms with E-state index in [4.69, 9.17) is 23.5 Å². The molecule has 0 bridgehead atoms. The first kappa shape index (κ1) is 24.9. The first-order valence-corrected chi connectivity index (χ1v) is 12.4. The summed E-state index contributed by atoms with van der Waals surface area (Å²) < 4.78 is 27.7. The molecule has 4 rings (SSSR count). The summed E-state index contributed by atoms with van der Waals surface area (Å²) >= 11 is 1.52. The molecule has 0 saturated carbocycles. The number of benzene rings is 2. The number of thioether (sulfide) groups is 1. The van der Waals surface area contributed by atoms with Gasteiger partial charge in [-0.2, -0.15) is 0 Å². The molecule has 1 fully saturated rings. The normalized spacial score (nSPS) is 15.1. The van der Waals surface area contributed by atoms with E-state index in [0.717, 1.165) is 29.9 Å². The lowest BCUT2D eigenvalue weighted by molar-refractivity contribution is -0.130. The van der Waals surface area contributed by atoms with E-state index in [1.54, 1.807) is 33.5 Å². The Bertz CT molecular complexity index is 1090. The third-order valence-electron chi connectivity index (χ3n) is 5.77. The van der Waals surface area contributed by atoms with Crippen LogP contribution in [0.25, 0.3) is 11.3 Å². The lowest BCUT2D eigenvalue weighted by atomic mass is 10.1. The van der Waals surface area contributed by atoms with Gasteiger partial charge in [-0.25, -0.2) is 0 Å². The predicted octanol–water partition coefficient (Wildman–Crippen LogP) is 4.67. The minimum absolute atomic E-state index is 0.0340. The van der Waals surface area contributed by atoms with Crippen LogP contribution in [0.1, 0.15) is 18.5 Å². The van der Waals surface area contributed by atoms with Gasteiger partial charge in [0.2, 0.25) is 11.7 Å². The van der Waals surface area contributed by atoms with Gasteiger partial charge in [-0.15, -0.1) is 11.8 Å². The van der Waals surface area contributed by atoms with E-state index in [2.05, 4.69) is 5.16 Å². The highest BCUT2D eigenvalue weighted by Crippen LogP contribution is 2.41. The molecule has 0 aliphatic carbocycles. The van der Waals surface area contributed by atoms with E-state index in [0.29, 0.717) is 47.5 Å². The molecule has 0 spiro atoms. The molecule has 1 saturated heterocycles. The van der Waals surface area contributed by atoms with Gasteiger partial charge in [0.25, 0.3) is 0 Å². The van der Waals surface area contributed by atoms with Crippen LogP contribution in [0.3, 0.4) is 0 Å². The molecule has 9 heteroatoms. The quantitative estimate of drug-likeness (QED) is 0.353. The minimum Gasteiger partial charge on any atom is -0.493 e. The molecule has 2 aromatic carbocycles. The number of carbonyl (C=O) groups is 1. The highest BCUT2D eigenvalue weighted by molar-refractivity contribution is 8.00. The smallest absolute Gasteiger partial charge is 0.233 e. The fraction of sp³-hybridized carbons (Fsp3) is 0.385. The van der Waals surface area contributed by atoms with Crippen LogP contribution >= 0.6 is 11.8 Å². The van der Waals surface area contributed by atoms with Crippen molar-refractivity contribution in [1.29, 1.82) is 0 Å². The zero-order chi connectivity index (χ0) is 24.6. The lowest BCUT2D eigenvalue weighted by Gasteiger charge is -2.24. The monoisotopic (exact) mass is 498 g/mol. The Morgan fingerprint density at radius 2 is 1.83 bits per heavy atom. The Kier molecular flexibility index (Phi) is 8.54. The second-order valence-corrected chi connectivity index (χ2v) is 9.16. The SMILES string of the molecule is COc1cc(-c2cc(CN(CC3CCCO3)C(=O)CSc3ccccc3)no2)cc(OC)c1OC. The fourth-order valence-electron chi connectivity index (χ4n) is 3.98. The molecule has 1 aliphatic rings. The summed E-state index contributed by atoms with van der Waals surface area (Å²) in [6.07, 6.45) is 2.01. The van der Waals surface area contributed by atoms with Crippen LogP contribution in [0.15, 0.2) is 57.9 Å². The van der Waals surface area contributed by atoms with Crippen molar-refractivity contribution in [3.63, 3.8) is 0 Å². The molecule has 186 valence electrons. The van der Waals surface area contributed by atoms with E-state index in [1.807, 2.05) is 41.3 Å². The van der Waals surface area contributed by atoms with Gasteiger partial charge in [-0.1, -0.05) is 23.4 Å². The van der Waals surface area contributed by atoms with Crippen LogP contribution < -0.4 is 14.2 Å². The highest BCUT2D eigenvalue weighted by Gasteiger charge is 2.24. The van der Waals surface area contributed by atoms with Crippen LogP contribution in [-0.4, -0.2) is 62.3 Å². The molecule has 1 atom stereocenters. The van der Waals surface area contributed by atoms with Gasteiger partial charge in [-0.05, 0) is 37.1 Å².